The number of piperidine rings is 1. The molecule has 2 aromatic rings. The Morgan fingerprint density at radius 3 is 2.30 bits per heavy atom. The van der Waals surface area contributed by atoms with Gasteiger partial charge in [-0.3, -0.25) is 24.1 Å². The van der Waals surface area contributed by atoms with Crippen molar-refractivity contribution >= 4 is 29.3 Å². The molecule has 154 valence electrons. The SMILES string of the molecule is O=C(CN1C(=O)C(=O)c2ccccc21)O[C@H](C(=O)N1CCCCC1)c1ccccc1. The monoisotopic (exact) mass is 406 g/mol. The van der Waals surface area contributed by atoms with E-state index in [0.29, 0.717) is 24.3 Å². The lowest BCUT2D eigenvalue weighted by atomic mass is 10.1. The zero-order valence-electron chi connectivity index (χ0n) is 16.5. The van der Waals surface area contributed by atoms with Crippen molar-refractivity contribution in [3.63, 3.8) is 0 Å². The van der Waals surface area contributed by atoms with Gasteiger partial charge in [0.2, 0.25) is 6.10 Å². The maximum Gasteiger partial charge on any atom is 0.327 e. The number of carbonyl (C=O) groups excluding carboxylic acids is 4. The smallest absolute Gasteiger partial charge is 0.327 e. The fourth-order valence-corrected chi connectivity index (χ4v) is 3.87. The molecule has 0 unspecified atom stereocenters. The molecule has 2 amide bonds. The summed E-state index contributed by atoms with van der Waals surface area (Å²) in [5, 5.41) is 0. The summed E-state index contributed by atoms with van der Waals surface area (Å²) in [4.78, 5) is 53.1. The van der Waals surface area contributed by atoms with Gasteiger partial charge in [-0.1, -0.05) is 42.5 Å². The number of benzene rings is 2. The van der Waals surface area contributed by atoms with Gasteiger partial charge in [-0.2, -0.15) is 0 Å². The summed E-state index contributed by atoms with van der Waals surface area (Å²) < 4.78 is 5.58. The van der Waals surface area contributed by atoms with Crippen LogP contribution in [0.4, 0.5) is 5.69 Å². The highest BCUT2D eigenvalue weighted by atomic mass is 16.5. The fourth-order valence-electron chi connectivity index (χ4n) is 3.87. The van der Waals surface area contributed by atoms with Crippen molar-refractivity contribution in [2.45, 2.75) is 25.4 Å². The van der Waals surface area contributed by atoms with Crippen LogP contribution in [-0.2, 0) is 19.1 Å². The normalized spacial score (nSPS) is 16.9. The number of esters is 1. The van der Waals surface area contributed by atoms with E-state index in [2.05, 4.69) is 0 Å². The van der Waals surface area contributed by atoms with Gasteiger partial charge in [-0.25, -0.2) is 0 Å². The summed E-state index contributed by atoms with van der Waals surface area (Å²) in [7, 11) is 0. The van der Waals surface area contributed by atoms with E-state index in [1.54, 1.807) is 53.4 Å². The molecule has 7 nitrogen and oxygen atoms in total. The molecule has 0 aromatic heterocycles. The van der Waals surface area contributed by atoms with Crippen LogP contribution in [0.1, 0.15) is 41.3 Å². The summed E-state index contributed by atoms with van der Waals surface area (Å²) in [5.74, 6) is -2.43. The number of likely N-dealkylation sites (tertiary alicyclic amines) is 1. The van der Waals surface area contributed by atoms with Gasteiger partial charge >= 0.3 is 5.97 Å². The second-order valence-corrected chi connectivity index (χ2v) is 7.40. The minimum Gasteiger partial charge on any atom is -0.446 e. The first kappa shape index (κ1) is 19.8. The molecule has 0 saturated carbocycles. The maximum absolute atomic E-state index is 13.1. The molecule has 0 N–H and O–H groups in total. The molecule has 0 spiro atoms. The Bertz CT molecular complexity index is 982. The number of nitrogens with zero attached hydrogens (tertiary/aromatic N) is 2. The predicted octanol–water partition coefficient (Wildman–Crippen LogP) is 2.51. The number of carbonyl (C=O) groups is 4. The molecule has 1 atom stereocenters. The Balaban J connectivity index is 1.53. The molecule has 0 aliphatic carbocycles. The Morgan fingerprint density at radius 2 is 1.57 bits per heavy atom. The zero-order chi connectivity index (χ0) is 21.1. The number of Topliss-reactive ketones (excluding diaryl/α,β-unsaturated/α-hetero) is 1. The molecule has 2 aliphatic heterocycles. The fraction of sp³-hybridized carbons (Fsp3) is 0.304. The number of anilines is 1. The second kappa shape index (κ2) is 8.49. The van der Waals surface area contributed by atoms with Crippen LogP contribution < -0.4 is 4.90 Å². The molecule has 2 heterocycles. The van der Waals surface area contributed by atoms with Crippen LogP contribution >= 0.6 is 0 Å². The summed E-state index contributed by atoms with van der Waals surface area (Å²) in [5.41, 5.74) is 1.22. The van der Waals surface area contributed by atoms with Crippen LogP contribution in [0, 0.1) is 0 Å². The van der Waals surface area contributed by atoms with Crippen molar-refractivity contribution in [2.75, 3.05) is 24.5 Å². The predicted molar refractivity (Wildman–Crippen MR) is 109 cm³/mol. The van der Waals surface area contributed by atoms with Crippen LogP contribution in [0.3, 0.4) is 0 Å². The van der Waals surface area contributed by atoms with Crippen LogP contribution in [0.15, 0.2) is 54.6 Å². The minimum atomic E-state index is -1.08. The highest BCUT2D eigenvalue weighted by Gasteiger charge is 2.38. The van der Waals surface area contributed by atoms with Gasteiger partial charge in [-0.15, -0.1) is 0 Å². The van der Waals surface area contributed by atoms with Gasteiger partial charge < -0.3 is 9.64 Å². The Kier molecular flexibility index (Phi) is 5.61. The van der Waals surface area contributed by atoms with E-state index in [-0.39, 0.29) is 11.5 Å². The average molecular weight is 406 g/mol. The van der Waals surface area contributed by atoms with E-state index in [1.807, 2.05) is 6.07 Å². The lowest BCUT2D eigenvalue weighted by molar-refractivity contribution is -0.160. The van der Waals surface area contributed by atoms with Crippen LogP contribution in [0.5, 0.6) is 0 Å². The number of amides is 2. The molecule has 0 bridgehead atoms. The highest BCUT2D eigenvalue weighted by Crippen LogP contribution is 2.29. The molecule has 0 radical (unpaired) electrons. The lowest BCUT2D eigenvalue weighted by Crippen LogP contribution is -2.41. The van der Waals surface area contributed by atoms with Crippen molar-refractivity contribution in [1.82, 2.24) is 4.90 Å². The summed E-state index contributed by atoms with van der Waals surface area (Å²) >= 11 is 0. The maximum atomic E-state index is 13.1. The molecule has 2 aromatic carbocycles. The zero-order valence-corrected chi connectivity index (χ0v) is 16.5. The third-order valence-electron chi connectivity index (χ3n) is 5.41. The van der Waals surface area contributed by atoms with Crippen molar-refractivity contribution in [3.8, 4) is 0 Å². The number of ketones is 1. The first-order chi connectivity index (χ1) is 14.6. The van der Waals surface area contributed by atoms with E-state index in [0.717, 1.165) is 24.2 Å². The summed E-state index contributed by atoms with van der Waals surface area (Å²) in [6, 6.07) is 15.4. The Labute approximate surface area is 174 Å². The first-order valence-corrected chi connectivity index (χ1v) is 10.0. The van der Waals surface area contributed by atoms with Crippen LogP contribution in [0.25, 0.3) is 0 Å². The van der Waals surface area contributed by atoms with Crippen molar-refractivity contribution in [1.29, 1.82) is 0 Å². The number of fused-ring (bicyclic) bond motifs is 1. The highest BCUT2D eigenvalue weighted by molar-refractivity contribution is 6.52. The molecule has 7 heteroatoms. The van der Waals surface area contributed by atoms with E-state index in [4.69, 9.17) is 4.74 Å². The molecule has 4 rings (SSSR count). The van der Waals surface area contributed by atoms with Gasteiger partial charge in [0, 0.05) is 18.7 Å². The van der Waals surface area contributed by atoms with Crippen molar-refractivity contribution in [2.24, 2.45) is 0 Å². The standard InChI is InChI=1S/C23H22N2O5/c26-19(15-25-18-12-6-5-11-17(18)20(27)22(25)28)30-21(16-9-3-1-4-10-16)23(29)24-13-7-2-8-14-24/h1,3-6,9-12,21H,2,7-8,13-15H2/t21-/m0/s1. The van der Waals surface area contributed by atoms with Gasteiger partial charge in [0.15, 0.2) is 0 Å². The van der Waals surface area contributed by atoms with Gasteiger partial charge in [-0.05, 0) is 31.4 Å². The van der Waals surface area contributed by atoms with Crippen LogP contribution in [0.2, 0.25) is 0 Å². The second-order valence-electron chi connectivity index (χ2n) is 7.40. The Morgan fingerprint density at radius 1 is 0.900 bits per heavy atom. The van der Waals surface area contributed by atoms with Gasteiger partial charge in [0.05, 0.1) is 11.3 Å². The lowest BCUT2D eigenvalue weighted by Gasteiger charge is -2.30. The number of hydrogen-bond acceptors (Lipinski definition) is 5. The van der Waals surface area contributed by atoms with E-state index in [1.165, 1.54) is 0 Å². The summed E-state index contributed by atoms with van der Waals surface area (Å²) in [6.45, 7) is 0.830. The third kappa shape index (κ3) is 3.83. The summed E-state index contributed by atoms with van der Waals surface area (Å²) in [6.07, 6.45) is 1.83. The quantitative estimate of drug-likeness (QED) is 0.563. The molecule has 1 fully saturated rings. The van der Waals surface area contributed by atoms with Crippen LogP contribution in [-0.4, -0.2) is 48.1 Å². The van der Waals surface area contributed by atoms with Crippen molar-refractivity contribution < 1.29 is 23.9 Å². The van der Waals surface area contributed by atoms with Crippen molar-refractivity contribution in [3.05, 3.63) is 65.7 Å². The minimum absolute atomic E-state index is 0.263. The molecular formula is C23H22N2O5. The number of hydrogen-bond donors (Lipinski definition) is 0. The topological polar surface area (TPSA) is 84.0 Å². The number of ether oxygens (including phenoxy) is 1. The third-order valence-corrected chi connectivity index (χ3v) is 5.41. The Hall–Kier alpha value is -3.48. The van der Waals surface area contributed by atoms with Gasteiger partial charge in [0.1, 0.15) is 6.54 Å². The molecule has 30 heavy (non-hydrogen) atoms. The number of rotatable bonds is 5. The first-order valence-electron chi connectivity index (χ1n) is 10.0. The average Bonchev–Trinajstić information content (AvgIpc) is 3.03. The molecule has 2 aliphatic rings. The molecule has 1 saturated heterocycles. The van der Waals surface area contributed by atoms with E-state index < -0.39 is 30.3 Å². The number of para-hydroxylation sites is 1. The molecular weight excluding hydrogens is 384 g/mol. The van der Waals surface area contributed by atoms with E-state index >= 15 is 0 Å². The largest absolute Gasteiger partial charge is 0.446 e. The van der Waals surface area contributed by atoms with Gasteiger partial charge in [0.25, 0.3) is 17.6 Å². The van der Waals surface area contributed by atoms with E-state index in [9.17, 15) is 19.2 Å².